The van der Waals surface area contributed by atoms with Crippen molar-refractivity contribution in [2.75, 3.05) is 23.7 Å². The van der Waals surface area contributed by atoms with Crippen LogP contribution in [0.3, 0.4) is 0 Å². The second kappa shape index (κ2) is 8.96. The number of aromatic nitrogens is 3. The lowest BCUT2D eigenvalue weighted by Crippen LogP contribution is -2.29. The predicted octanol–water partition coefficient (Wildman–Crippen LogP) is 2.97. The summed E-state index contributed by atoms with van der Waals surface area (Å²) >= 11 is 5.95. The van der Waals surface area contributed by atoms with E-state index in [2.05, 4.69) is 30.3 Å². The number of nitrogens with zero attached hydrogens (tertiary/aromatic N) is 3. The third-order valence-corrected chi connectivity index (χ3v) is 5.65. The molecule has 0 saturated heterocycles. The summed E-state index contributed by atoms with van der Waals surface area (Å²) < 4.78 is 27.1. The Kier molecular flexibility index (Phi) is 6.40. The van der Waals surface area contributed by atoms with Gasteiger partial charge in [-0.2, -0.15) is 0 Å². The molecule has 0 bridgehead atoms. The first-order valence-electron chi connectivity index (χ1n) is 8.44. The monoisotopic (exact) mass is 418 g/mol. The van der Waals surface area contributed by atoms with Crippen LogP contribution in [0.1, 0.15) is 5.56 Å². The van der Waals surface area contributed by atoms with Gasteiger partial charge in [-0.3, -0.25) is 0 Å². The average Bonchev–Trinajstić information content (AvgIpc) is 2.66. The highest BCUT2D eigenvalue weighted by molar-refractivity contribution is 7.89. The number of halogens is 1. The Labute approximate surface area is 168 Å². The van der Waals surface area contributed by atoms with Gasteiger partial charge >= 0.3 is 0 Å². The normalized spacial score (nSPS) is 11.2. The van der Waals surface area contributed by atoms with E-state index in [0.29, 0.717) is 24.0 Å². The van der Waals surface area contributed by atoms with Crippen LogP contribution in [0.2, 0.25) is 5.02 Å². The molecule has 0 unspecified atom stereocenters. The summed E-state index contributed by atoms with van der Waals surface area (Å²) in [6.07, 6.45) is 3.12. The molecule has 3 rings (SSSR count). The number of nitrogens with one attached hydrogen (secondary N) is 3. The number of hydrogen-bond donors (Lipinski definition) is 3. The quantitative estimate of drug-likeness (QED) is 0.482. The van der Waals surface area contributed by atoms with E-state index in [1.807, 2.05) is 19.1 Å². The topological polar surface area (TPSA) is 109 Å². The van der Waals surface area contributed by atoms with Crippen LogP contribution in [0.25, 0.3) is 0 Å². The van der Waals surface area contributed by atoms with Gasteiger partial charge in [-0.25, -0.2) is 28.1 Å². The molecule has 0 aliphatic carbocycles. The fourth-order valence-electron chi connectivity index (χ4n) is 2.37. The lowest BCUT2D eigenvalue weighted by Gasteiger charge is -2.10. The summed E-state index contributed by atoms with van der Waals surface area (Å²) in [5.74, 6) is 1.81. The van der Waals surface area contributed by atoms with E-state index in [4.69, 9.17) is 11.6 Å². The van der Waals surface area contributed by atoms with E-state index in [0.717, 1.165) is 5.56 Å². The van der Waals surface area contributed by atoms with E-state index in [9.17, 15) is 8.42 Å². The third-order valence-electron chi connectivity index (χ3n) is 3.69. The number of hydrogen-bond acceptors (Lipinski definition) is 7. The van der Waals surface area contributed by atoms with Crippen molar-refractivity contribution in [1.29, 1.82) is 0 Å². The molecule has 0 radical (unpaired) electrons. The Morgan fingerprint density at radius 1 is 0.964 bits per heavy atom. The zero-order chi connectivity index (χ0) is 20.0. The summed E-state index contributed by atoms with van der Waals surface area (Å²) in [7, 11) is -3.67. The molecule has 28 heavy (non-hydrogen) atoms. The molecule has 8 nitrogen and oxygen atoms in total. The number of anilines is 3. The number of pyridine rings is 1. The summed E-state index contributed by atoms with van der Waals surface area (Å²) in [6, 6.07) is 11.8. The van der Waals surface area contributed by atoms with Gasteiger partial charge in [0.15, 0.2) is 0 Å². The SMILES string of the molecule is Cc1ccnc(Nc2cc(NCCNS(=O)(=O)c3ccccc3Cl)ncn2)c1. The molecule has 10 heteroatoms. The Morgan fingerprint density at radius 2 is 1.71 bits per heavy atom. The van der Waals surface area contributed by atoms with E-state index >= 15 is 0 Å². The zero-order valence-electron chi connectivity index (χ0n) is 15.1. The van der Waals surface area contributed by atoms with Crippen LogP contribution in [-0.2, 0) is 10.0 Å². The first kappa shape index (κ1) is 20.0. The zero-order valence-corrected chi connectivity index (χ0v) is 16.6. The molecule has 1 aromatic carbocycles. The average molecular weight is 419 g/mol. The maximum Gasteiger partial charge on any atom is 0.242 e. The van der Waals surface area contributed by atoms with Crippen molar-refractivity contribution in [2.24, 2.45) is 0 Å². The Balaban J connectivity index is 1.55. The molecule has 2 heterocycles. The molecule has 0 spiro atoms. The lowest BCUT2D eigenvalue weighted by atomic mass is 10.3. The second-order valence-corrected chi connectivity index (χ2v) is 8.03. The minimum absolute atomic E-state index is 0.0517. The minimum atomic E-state index is -3.67. The molecule has 0 saturated carbocycles. The fraction of sp³-hybridized carbons (Fsp3) is 0.167. The number of rotatable bonds is 8. The van der Waals surface area contributed by atoms with E-state index < -0.39 is 10.0 Å². The van der Waals surface area contributed by atoms with Gasteiger partial charge in [0.25, 0.3) is 0 Å². The van der Waals surface area contributed by atoms with Crippen LogP contribution in [0, 0.1) is 6.92 Å². The molecular formula is C18H19ClN6O2S. The van der Waals surface area contributed by atoms with Crippen molar-refractivity contribution in [2.45, 2.75) is 11.8 Å². The molecule has 0 atom stereocenters. The van der Waals surface area contributed by atoms with Crippen molar-refractivity contribution in [3.05, 3.63) is 65.6 Å². The largest absolute Gasteiger partial charge is 0.369 e. The highest BCUT2D eigenvalue weighted by Gasteiger charge is 2.16. The molecular weight excluding hydrogens is 400 g/mol. The van der Waals surface area contributed by atoms with Gasteiger partial charge < -0.3 is 10.6 Å². The van der Waals surface area contributed by atoms with Crippen LogP contribution >= 0.6 is 11.6 Å². The van der Waals surface area contributed by atoms with Crippen LogP contribution in [0.4, 0.5) is 17.5 Å². The van der Waals surface area contributed by atoms with Crippen LogP contribution < -0.4 is 15.4 Å². The summed E-state index contributed by atoms with van der Waals surface area (Å²) in [6.45, 7) is 2.48. The van der Waals surface area contributed by atoms with Crippen molar-refractivity contribution in [1.82, 2.24) is 19.7 Å². The number of aryl methyl sites for hydroxylation is 1. The van der Waals surface area contributed by atoms with Crippen molar-refractivity contribution < 1.29 is 8.42 Å². The third kappa shape index (κ3) is 5.38. The molecule has 3 N–H and O–H groups in total. The van der Waals surface area contributed by atoms with Crippen LogP contribution in [0.5, 0.6) is 0 Å². The van der Waals surface area contributed by atoms with Crippen molar-refractivity contribution in [3.8, 4) is 0 Å². The van der Waals surface area contributed by atoms with Crippen molar-refractivity contribution in [3.63, 3.8) is 0 Å². The standard InChI is InChI=1S/C18H19ClN6O2S/c1-13-6-7-20-17(10-13)25-18-11-16(22-12-23-18)21-8-9-24-28(26,27)15-5-3-2-4-14(15)19/h2-7,10-12,24H,8-9H2,1H3,(H2,20,21,22,23,25). The summed E-state index contributed by atoms with van der Waals surface area (Å²) in [4.78, 5) is 12.6. The van der Waals surface area contributed by atoms with Gasteiger partial charge in [-0.15, -0.1) is 0 Å². The summed E-state index contributed by atoms with van der Waals surface area (Å²) in [5.41, 5.74) is 1.08. The van der Waals surface area contributed by atoms with Crippen LogP contribution in [0.15, 0.2) is 59.9 Å². The van der Waals surface area contributed by atoms with Gasteiger partial charge in [-0.05, 0) is 36.8 Å². The lowest BCUT2D eigenvalue weighted by molar-refractivity contribution is 0.583. The fourth-order valence-corrected chi connectivity index (χ4v) is 3.92. The number of benzene rings is 1. The van der Waals surface area contributed by atoms with Gasteiger partial charge in [0.05, 0.1) is 5.02 Å². The van der Waals surface area contributed by atoms with Gasteiger partial charge in [0, 0.05) is 25.4 Å². The molecule has 0 aliphatic heterocycles. The molecule has 2 aromatic heterocycles. The van der Waals surface area contributed by atoms with E-state index in [-0.39, 0.29) is 16.5 Å². The Hall–Kier alpha value is -2.75. The molecule has 0 aliphatic rings. The Morgan fingerprint density at radius 3 is 2.50 bits per heavy atom. The molecule has 0 fully saturated rings. The predicted molar refractivity (Wildman–Crippen MR) is 109 cm³/mol. The molecule has 0 amide bonds. The maximum absolute atomic E-state index is 12.3. The highest BCUT2D eigenvalue weighted by Crippen LogP contribution is 2.20. The van der Waals surface area contributed by atoms with Gasteiger partial charge in [0.2, 0.25) is 10.0 Å². The maximum atomic E-state index is 12.3. The summed E-state index contributed by atoms with van der Waals surface area (Å²) in [5, 5.41) is 6.33. The molecule has 3 aromatic rings. The smallest absolute Gasteiger partial charge is 0.242 e. The second-order valence-electron chi connectivity index (χ2n) is 5.89. The Bertz CT molecular complexity index is 1060. The van der Waals surface area contributed by atoms with E-state index in [1.165, 1.54) is 18.5 Å². The minimum Gasteiger partial charge on any atom is -0.369 e. The van der Waals surface area contributed by atoms with E-state index in [1.54, 1.807) is 24.4 Å². The highest BCUT2D eigenvalue weighted by atomic mass is 35.5. The number of sulfonamides is 1. The van der Waals surface area contributed by atoms with Crippen LogP contribution in [-0.4, -0.2) is 36.5 Å². The molecule has 146 valence electrons. The van der Waals surface area contributed by atoms with Crippen molar-refractivity contribution >= 4 is 39.1 Å². The first-order chi connectivity index (χ1) is 13.4. The first-order valence-corrected chi connectivity index (χ1v) is 10.3. The van der Waals surface area contributed by atoms with Gasteiger partial charge in [0.1, 0.15) is 28.7 Å². The van der Waals surface area contributed by atoms with Gasteiger partial charge in [-0.1, -0.05) is 23.7 Å².